The third-order valence-corrected chi connectivity index (χ3v) is 7.86. The van der Waals surface area contributed by atoms with Gasteiger partial charge in [-0.15, -0.1) is 11.8 Å². The summed E-state index contributed by atoms with van der Waals surface area (Å²) >= 11 is 1.20. The number of aryl methyl sites for hydroxylation is 1. The highest BCUT2D eigenvalue weighted by Gasteiger charge is 2.35. The third-order valence-electron chi connectivity index (χ3n) is 6.65. The number of nitrogens with zero attached hydrogens (tertiary/aromatic N) is 4. The lowest BCUT2D eigenvalue weighted by Crippen LogP contribution is -2.46. The van der Waals surface area contributed by atoms with Crippen LogP contribution < -0.4 is 21.1 Å². The molecule has 0 radical (unpaired) electrons. The van der Waals surface area contributed by atoms with Crippen molar-refractivity contribution < 1.29 is 18.9 Å². The number of halogens is 1. The van der Waals surface area contributed by atoms with Crippen molar-refractivity contribution in [1.29, 1.82) is 0 Å². The quantitative estimate of drug-likeness (QED) is 0.360. The number of nitro benzene ring substituents is 1. The second-order valence-electron chi connectivity index (χ2n) is 8.94. The van der Waals surface area contributed by atoms with E-state index in [9.17, 15) is 24.5 Å². The van der Waals surface area contributed by atoms with Gasteiger partial charge in [0.1, 0.15) is 16.8 Å². The molecule has 1 atom stereocenters. The zero-order valence-electron chi connectivity index (χ0n) is 20.5. The molecule has 2 aromatic carbocycles. The van der Waals surface area contributed by atoms with Crippen LogP contribution in [-0.2, 0) is 11.3 Å². The molecule has 0 aliphatic carbocycles. The number of carbonyl (C=O) groups excluding carboxylic acids is 2. The van der Waals surface area contributed by atoms with Crippen molar-refractivity contribution in [2.24, 2.45) is 0 Å². The second-order valence-corrected chi connectivity index (χ2v) is 10.0. The van der Waals surface area contributed by atoms with Crippen LogP contribution >= 0.6 is 11.8 Å². The van der Waals surface area contributed by atoms with Gasteiger partial charge in [-0.2, -0.15) is 0 Å². The normalized spacial score (nSPS) is 17.7. The maximum atomic E-state index is 15.1. The van der Waals surface area contributed by atoms with Crippen LogP contribution in [0.25, 0.3) is 10.9 Å². The molecule has 2 N–H and O–H groups in total. The number of piperazine rings is 1. The summed E-state index contributed by atoms with van der Waals surface area (Å²) in [6.07, 6.45) is 1.41. The predicted octanol–water partition coefficient (Wildman–Crippen LogP) is 2.40. The maximum absolute atomic E-state index is 15.1. The van der Waals surface area contributed by atoms with Crippen molar-refractivity contribution in [2.45, 2.75) is 18.8 Å². The minimum atomic E-state index is -0.822. The Kier molecular flexibility index (Phi) is 7.04. The number of aromatic nitrogens is 1. The molecule has 13 heteroatoms. The number of fused-ring (bicyclic) bond motifs is 1. The minimum absolute atomic E-state index is 0.0462. The van der Waals surface area contributed by atoms with Gasteiger partial charge >= 0.3 is 0 Å². The first-order valence-corrected chi connectivity index (χ1v) is 13.1. The fourth-order valence-corrected chi connectivity index (χ4v) is 5.82. The van der Waals surface area contributed by atoms with Crippen molar-refractivity contribution in [2.75, 3.05) is 36.8 Å². The number of benzene rings is 2. The van der Waals surface area contributed by atoms with Crippen molar-refractivity contribution in [3.63, 3.8) is 0 Å². The van der Waals surface area contributed by atoms with E-state index >= 15 is 4.39 Å². The fraction of sp³-hybridized carbons (Fsp3) is 0.320. The number of hydrazine groups is 1. The zero-order chi connectivity index (χ0) is 27.0. The van der Waals surface area contributed by atoms with E-state index in [-0.39, 0.29) is 22.4 Å². The molecule has 1 unspecified atom stereocenters. The first-order valence-electron chi connectivity index (χ1n) is 12.1. The van der Waals surface area contributed by atoms with Gasteiger partial charge in [-0.05, 0) is 24.6 Å². The highest BCUT2D eigenvalue weighted by molar-refractivity contribution is 8.00. The molecular weight excluding hydrogens is 515 g/mol. The van der Waals surface area contributed by atoms with Crippen LogP contribution in [0.4, 0.5) is 15.8 Å². The number of hydrogen-bond donors (Lipinski definition) is 2. The van der Waals surface area contributed by atoms with Crippen molar-refractivity contribution in [3.8, 4) is 0 Å². The second kappa shape index (κ2) is 10.4. The molecule has 11 nitrogen and oxygen atoms in total. The molecular formula is C25H25FN6O5S. The van der Waals surface area contributed by atoms with Gasteiger partial charge in [0.25, 0.3) is 17.5 Å². The Morgan fingerprint density at radius 2 is 2.00 bits per heavy atom. The number of non-ortho nitro benzene ring substituents is 1. The van der Waals surface area contributed by atoms with Crippen molar-refractivity contribution in [1.82, 2.24) is 20.3 Å². The Labute approximate surface area is 220 Å². The van der Waals surface area contributed by atoms with E-state index in [0.717, 1.165) is 18.1 Å². The number of nitrogens with one attached hydrogen (secondary N) is 2. The molecule has 3 heterocycles. The van der Waals surface area contributed by atoms with E-state index in [1.807, 2.05) is 11.8 Å². The summed E-state index contributed by atoms with van der Waals surface area (Å²) in [6.45, 7) is 4.97. The maximum Gasteiger partial charge on any atom is 0.275 e. The summed E-state index contributed by atoms with van der Waals surface area (Å²) < 4.78 is 16.8. The Balaban J connectivity index is 1.49. The summed E-state index contributed by atoms with van der Waals surface area (Å²) in [6, 6.07) is 8.62. The van der Waals surface area contributed by atoms with E-state index in [4.69, 9.17) is 0 Å². The zero-order valence-corrected chi connectivity index (χ0v) is 21.3. The highest BCUT2D eigenvalue weighted by atomic mass is 32.2. The number of rotatable bonds is 6. The van der Waals surface area contributed by atoms with E-state index < -0.39 is 33.4 Å². The Bertz CT molecular complexity index is 1510. The molecule has 2 aliphatic rings. The summed E-state index contributed by atoms with van der Waals surface area (Å²) in [5, 5.41) is 14.9. The van der Waals surface area contributed by atoms with Gasteiger partial charge in [-0.3, -0.25) is 29.9 Å². The average Bonchev–Trinajstić information content (AvgIpc) is 3.29. The predicted molar refractivity (Wildman–Crippen MR) is 142 cm³/mol. The van der Waals surface area contributed by atoms with Crippen LogP contribution in [0.5, 0.6) is 0 Å². The van der Waals surface area contributed by atoms with E-state index in [1.165, 1.54) is 42.2 Å². The molecule has 38 heavy (non-hydrogen) atoms. The summed E-state index contributed by atoms with van der Waals surface area (Å²) in [5.41, 5.74) is 2.84. The van der Waals surface area contributed by atoms with Gasteiger partial charge in [-0.1, -0.05) is 12.1 Å². The van der Waals surface area contributed by atoms with Gasteiger partial charge in [0.2, 0.25) is 5.43 Å². The van der Waals surface area contributed by atoms with Gasteiger partial charge in [0.05, 0.1) is 21.9 Å². The highest BCUT2D eigenvalue weighted by Crippen LogP contribution is 2.38. The largest absolute Gasteiger partial charge is 0.367 e. The molecule has 2 amide bonds. The number of thioether (sulfide) groups is 1. The van der Waals surface area contributed by atoms with Crippen molar-refractivity contribution >= 4 is 45.9 Å². The first-order chi connectivity index (χ1) is 18.3. The van der Waals surface area contributed by atoms with E-state index in [0.29, 0.717) is 36.4 Å². The van der Waals surface area contributed by atoms with Gasteiger partial charge in [0, 0.05) is 56.4 Å². The molecule has 1 aromatic heterocycles. The standard InChI is InChI=1S/C25H25FN6O5S/c1-2-29-13-18(23(34)17-11-19(26)21(12-20(17)29)30-8-6-27-7-9-30)24(35)28-31-22(33)14-38-25(31)15-4-3-5-16(10-15)32(36)37/h3-5,10-13,25,27H,2,6-9,14H2,1H3,(H,28,35). The van der Waals surface area contributed by atoms with Crippen LogP contribution in [0.2, 0.25) is 0 Å². The summed E-state index contributed by atoms with van der Waals surface area (Å²) in [5.74, 6) is -1.74. The monoisotopic (exact) mass is 540 g/mol. The number of anilines is 1. The van der Waals surface area contributed by atoms with E-state index in [1.54, 1.807) is 16.7 Å². The third kappa shape index (κ3) is 4.70. The first kappa shape index (κ1) is 25.7. The van der Waals surface area contributed by atoms with Crippen LogP contribution in [0.1, 0.15) is 28.2 Å². The average molecular weight is 541 g/mol. The molecule has 2 fully saturated rings. The lowest BCUT2D eigenvalue weighted by molar-refractivity contribution is -0.384. The Hall–Kier alpha value is -3.97. The molecule has 2 aliphatic heterocycles. The Morgan fingerprint density at radius 1 is 1.24 bits per heavy atom. The topological polar surface area (TPSA) is 130 Å². The Morgan fingerprint density at radius 3 is 2.71 bits per heavy atom. The molecule has 0 saturated carbocycles. The molecule has 3 aromatic rings. The summed E-state index contributed by atoms with van der Waals surface area (Å²) in [4.78, 5) is 51.8. The fourth-order valence-electron chi connectivity index (χ4n) is 4.72. The molecule has 2 saturated heterocycles. The molecule has 0 bridgehead atoms. The minimum Gasteiger partial charge on any atom is -0.367 e. The number of carbonyl (C=O) groups is 2. The van der Waals surface area contributed by atoms with Gasteiger partial charge in [-0.25, -0.2) is 9.40 Å². The van der Waals surface area contributed by atoms with Crippen molar-refractivity contribution in [3.05, 3.63) is 79.9 Å². The van der Waals surface area contributed by atoms with Crippen LogP contribution in [0.3, 0.4) is 0 Å². The van der Waals surface area contributed by atoms with Crippen LogP contribution in [0.15, 0.2) is 47.4 Å². The molecule has 0 spiro atoms. The number of hydrogen-bond acceptors (Lipinski definition) is 8. The van der Waals surface area contributed by atoms with Crippen LogP contribution in [-0.4, -0.2) is 58.2 Å². The number of nitro groups is 1. The lowest BCUT2D eigenvalue weighted by Gasteiger charge is -2.30. The van der Waals surface area contributed by atoms with Crippen LogP contribution in [0, 0.1) is 15.9 Å². The number of pyridine rings is 1. The molecule has 198 valence electrons. The van der Waals surface area contributed by atoms with Gasteiger partial charge in [0.15, 0.2) is 0 Å². The summed E-state index contributed by atoms with van der Waals surface area (Å²) in [7, 11) is 0. The molecule has 5 rings (SSSR count). The number of amides is 2. The lowest BCUT2D eigenvalue weighted by atomic mass is 10.1. The van der Waals surface area contributed by atoms with Gasteiger partial charge < -0.3 is 14.8 Å². The van der Waals surface area contributed by atoms with E-state index in [2.05, 4.69) is 10.7 Å². The smallest absolute Gasteiger partial charge is 0.275 e. The SMILES string of the molecule is CCn1cc(C(=O)NN2C(=O)CSC2c2cccc([N+](=O)[O-])c2)c(=O)c2cc(F)c(N3CCNCC3)cc21.